The summed E-state index contributed by atoms with van der Waals surface area (Å²) in [6.07, 6.45) is 8.70. The second-order valence-corrected chi connectivity index (χ2v) is 10.7. The average Bonchev–Trinajstić information content (AvgIpc) is 2.69. The molecule has 170 valence electrons. The van der Waals surface area contributed by atoms with Crippen LogP contribution in [0.5, 0.6) is 11.5 Å². The third kappa shape index (κ3) is 4.30. The van der Waals surface area contributed by atoms with Crippen molar-refractivity contribution in [2.24, 2.45) is 17.3 Å². The molecule has 30 heavy (non-hydrogen) atoms. The third-order valence-corrected chi connectivity index (χ3v) is 8.16. The van der Waals surface area contributed by atoms with Crippen molar-refractivity contribution in [3.05, 3.63) is 35.4 Å². The fourth-order valence-electron chi connectivity index (χ4n) is 6.04. The van der Waals surface area contributed by atoms with Gasteiger partial charge in [0.1, 0.15) is 11.5 Å². The van der Waals surface area contributed by atoms with E-state index in [9.17, 15) is 0 Å². The summed E-state index contributed by atoms with van der Waals surface area (Å²) in [5.41, 5.74) is 4.44. The van der Waals surface area contributed by atoms with Crippen molar-refractivity contribution in [2.45, 2.75) is 98.3 Å². The van der Waals surface area contributed by atoms with Crippen LogP contribution in [0.4, 0.5) is 0 Å². The minimum Gasteiger partial charge on any atom is -0.496 e. The molecule has 2 bridgehead atoms. The molecule has 2 heteroatoms. The van der Waals surface area contributed by atoms with Gasteiger partial charge in [0, 0.05) is 5.56 Å². The van der Waals surface area contributed by atoms with E-state index in [4.69, 9.17) is 9.47 Å². The van der Waals surface area contributed by atoms with Gasteiger partial charge in [-0.05, 0) is 65.5 Å². The van der Waals surface area contributed by atoms with E-state index in [1.165, 1.54) is 55.2 Å². The van der Waals surface area contributed by atoms with Crippen molar-refractivity contribution in [3.8, 4) is 11.5 Å². The number of ether oxygens (including phenoxy) is 2. The number of rotatable bonds is 9. The number of unbranched alkanes of at least 4 members (excludes halogenated alkanes) is 3. The van der Waals surface area contributed by atoms with Gasteiger partial charge in [-0.15, -0.1) is 0 Å². The molecule has 0 aromatic heterocycles. The molecule has 0 spiro atoms. The predicted molar refractivity (Wildman–Crippen MR) is 130 cm³/mol. The highest BCUT2D eigenvalue weighted by Gasteiger charge is 2.57. The zero-order valence-corrected chi connectivity index (χ0v) is 19.9. The van der Waals surface area contributed by atoms with E-state index >= 15 is 0 Å². The molecule has 3 fully saturated rings. The smallest absolute Gasteiger partial charge is 0.126 e. The Kier molecular flexibility index (Phi) is 7.75. The minimum absolute atomic E-state index is 0. The first-order valence-electron chi connectivity index (χ1n) is 11.6. The van der Waals surface area contributed by atoms with Gasteiger partial charge in [0.2, 0.25) is 0 Å². The molecule has 2 nitrogen and oxygen atoms in total. The number of benzene rings is 1. The van der Waals surface area contributed by atoms with Gasteiger partial charge in [0.05, 0.1) is 14.2 Å². The van der Waals surface area contributed by atoms with E-state index in [-0.39, 0.29) is 12.8 Å². The standard InChI is InChI=1S/C27H42O2.CH4/c1-9-10-11-12-13-26(3,4)19-15-23(28-7)25(24(16-19)29-8)20-14-18(2)21-17-22(20)27(21,5)6;/h15-16,20-22H,2,9-14,17H2,1,3-8H3;1H4/t20-,21?,22?;/m0./s1. The van der Waals surface area contributed by atoms with Gasteiger partial charge in [0.15, 0.2) is 0 Å². The number of fused-ring (bicyclic) bond motifs is 2. The van der Waals surface area contributed by atoms with E-state index < -0.39 is 0 Å². The molecular formula is C28H46O2. The number of allylic oxidation sites excluding steroid dienone is 1. The molecule has 0 aliphatic heterocycles. The lowest BCUT2D eigenvalue weighted by Crippen LogP contribution is -2.52. The van der Waals surface area contributed by atoms with Crippen LogP contribution in [-0.4, -0.2) is 14.2 Å². The Bertz CT molecular complexity index is 718. The molecule has 0 heterocycles. The molecule has 1 aromatic rings. The van der Waals surface area contributed by atoms with Crippen molar-refractivity contribution in [2.75, 3.05) is 14.2 Å². The van der Waals surface area contributed by atoms with E-state index in [1.807, 2.05) is 14.2 Å². The van der Waals surface area contributed by atoms with Gasteiger partial charge in [0.25, 0.3) is 0 Å². The third-order valence-electron chi connectivity index (χ3n) is 8.16. The normalized spacial score (nSPS) is 24.6. The first-order chi connectivity index (χ1) is 13.7. The SMILES string of the molecule is C.C=C1C[C@H](c2c(OC)cc(C(C)(C)CCCCCC)cc2OC)C2CC1C2(C)C. The molecule has 2 unspecified atom stereocenters. The highest BCUT2D eigenvalue weighted by molar-refractivity contribution is 5.53. The van der Waals surface area contributed by atoms with Crippen LogP contribution in [0.1, 0.15) is 104 Å². The average molecular weight is 415 g/mol. The maximum absolute atomic E-state index is 5.98. The molecule has 3 aliphatic rings. The monoisotopic (exact) mass is 414 g/mol. The van der Waals surface area contributed by atoms with Crippen molar-refractivity contribution >= 4 is 0 Å². The van der Waals surface area contributed by atoms with Crippen molar-refractivity contribution in [1.29, 1.82) is 0 Å². The van der Waals surface area contributed by atoms with Crippen LogP contribution >= 0.6 is 0 Å². The zero-order valence-electron chi connectivity index (χ0n) is 19.9. The maximum atomic E-state index is 5.98. The minimum atomic E-state index is 0. The lowest BCUT2D eigenvalue weighted by molar-refractivity contribution is -0.0444. The van der Waals surface area contributed by atoms with Crippen LogP contribution in [0.25, 0.3) is 0 Å². The molecule has 3 saturated carbocycles. The van der Waals surface area contributed by atoms with E-state index in [0.717, 1.165) is 17.9 Å². The van der Waals surface area contributed by atoms with Gasteiger partial charge in [-0.3, -0.25) is 0 Å². The van der Waals surface area contributed by atoms with E-state index in [1.54, 1.807) is 0 Å². The number of methoxy groups -OCH3 is 2. The topological polar surface area (TPSA) is 18.5 Å². The van der Waals surface area contributed by atoms with Gasteiger partial charge in [-0.1, -0.05) is 79.9 Å². The Hall–Kier alpha value is -1.44. The van der Waals surface area contributed by atoms with E-state index in [0.29, 0.717) is 23.2 Å². The molecular weight excluding hydrogens is 368 g/mol. The molecule has 3 aliphatic carbocycles. The maximum Gasteiger partial charge on any atom is 0.126 e. The summed E-state index contributed by atoms with van der Waals surface area (Å²) in [5, 5.41) is 0. The highest BCUT2D eigenvalue weighted by atomic mass is 16.5. The fraction of sp³-hybridized carbons (Fsp3) is 0.714. The largest absolute Gasteiger partial charge is 0.496 e. The first kappa shape index (κ1) is 24.8. The Balaban J connectivity index is 0.00000320. The van der Waals surface area contributed by atoms with Gasteiger partial charge < -0.3 is 9.47 Å². The Morgan fingerprint density at radius 3 is 2.13 bits per heavy atom. The van der Waals surface area contributed by atoms with Gasteiger partial charge >= 0.3 is 0 Å². The second-order valence-electron chi connectivity index (χ2n) is 10.7. The first-order valence-corrected chi connectivity index (χ1v) is 11.6. The highest BCUT2D eigenvalue weighted by Crippen LogP contribution is 2.67. The summed E-state index contributed by atoms with van der Waals surface area (Å²) in [7, 11) is 3.62. The summed E-state index contributed by atoms with van der Waals surface area (Å²) in [5.74, 6) is 3.80. The van der Waals surface area contributed by atoms with Crippen LogP contribution in [0.2, 0.25) is 0 Å². The molecule has 3 atom stereocenters. The molecule has 0 radical (unpaired) electrons. The predicted octanol–water partition coefficient (Wildman–Crippen LogP) is 8.29. The van der Waals surface area contributed by atoms with Gasteiger partial charge in [-0.25, -0.2) is 0 Å². The quantitative estimate of drug-likeness (QED) is 0.299. The van der Waals surface area contributed by atoms with Crippen LogP contribution < -0.4 is 9.47 Å². The number of hydrogen-bond donors (Lipinski definition) is 0. The van der Waals surface area contributed by atoms with E-state index in [2.05, 4.69) is 53.3 Å². The van der Waals surface area contributed by atoms with Crippen molar-refractivity contribution in [3.63, 3.8) is 0 Å². The Morgan fingerprint density at radius 1 is 1.07 bits per heavy atom. The van der Waals surface area contributed by atoms with Gasteiger partial charge in [-0.2, -0.15) is 0 Å². The fourth-order valence-corrected chi connectivity index (χ4v) is 6.04. The van der Waals surface area contributed by atoms with Crippen molar-refractivity contribution < 1.29 is 9.47 Å². The summed E-state index contributed by atoms with van der Waals surface area (Å²) >= 11 is 0. The summed E-state index contributed by atoms with van der Waals surface area (Å²) in [6, 6.07) is 4.58. The van der Waals surface area contributed by atoms with Crippen LogP contribution in [0.15, 0.2) is 24.3 Å². The lowest BCUT2D eigenvalue weighted by Gasteiger charge is -2.61. The van der Waals surface area contributed by atoms with Crippen LogP contribution in [0.3, 0.4) is 0 Å². The summed E-state index contributed by atoms with van der Waals surface area (Å²) in [4.78, 5) is 0. The second kappa shape index (κ2) is 9.37. The zero-order chi connectivity index (χ0) is 21.4. The summed E-state index contributed by atoms with van der Waals surface area (Å²) < 4.78 is 12.0. The number of hydrogen-bond acceptors (Lipinski definition) is 2. The molecule has 0 N–H and O–H groups in total. The Labute approximate surface area is 186 Å². The molecule has 1 aromatic carbocycles. The molecule has 0 amide bonds. The Morgan fingerprint density at radius 2 is 1.67 bits per heavy atom. The molecule has 0 saturated heterocycles. The molecule has 4 rings (SSSR count). The lowest BCUT2D eigenvalue weighted by atomic mass is 9.43. The van der Waals surface area contributed by atoms with Crippen molar-refractivity contribution in [1.82, 2.24) is 0 Å². The van der Waals surface area contributed by atoms with Crippen LogP contribution in [0, 0.1) is 17.3 Å². The summed E-state index contributed by atoms with van der Waals surface area (Å²) in [6.45, 7) is 16.2. The van der Waals surface area contributed by atoms with Crippen LogP contribution in [-0.2, 0) is 5.41 Å².